The molecule has 1 saturated heterocycles. The van der Waals surface area contributed by atoms with Gasteiger partial charge >= 0.3 is 0 Å². The number of aryl methyl sites for hydroxylation is 1. The van der Waals surface area contributed by atoms with Crippen molar-refractivity contribution in [1.29, 1.82) is 0 Å². The summed E-state index contributed by atoms with van der Waals surface area (Å²) in [4.78, 5) is 0. The monoisotopic (exact) mass is 249 g/mol. The minimum atomic E-state index is 0.437. The van der Waals surface area contributed by atoms with Crippen LogP contribution in [-0.4, -0.2) is 29.0 Å². The van der Waals surface area contributed by atoms with Gasteiger partial charge < -0.3 is 10.1 Å². The fourth-order valence-corrected chi connectivity index (χ4v) is 2.76. The predicted molar refractivity (Wildman–Crippen MR) is 70.7 cm³/mol. The van der Waals surface area contributed by atoms with Gasteiger partial charge in [-0.05, 0) is 39.5 Å². The first-order valence-corrected chi connectivity index (χ1v) is 7.11. The van der Waals surface area contributed by atoms with Gasteiger partial charge in [0.1, 0.15) is 0 Å². The number of nitrogens with one attached hydrogen (secondary N) is 1. The van der Waals surface area contributed by atoms with Crippen LogP contribution in [0, 0.1) is 13.8 Å². The molecule has 4 nitrogen and oxygen atoms in total. The van der Waals surface area contributed by atoms with E-state index in [9.17, 15) is 0 Å². The van der Waals surface area contributed by atoms with Crippen molar-refractivity contribution >= 4 is 0 Å². The van der Waals surface area contributed by atoms with E-state index in [0.717, 1.165) is 32.2 Å². The lowest BCUT2D eigenvalue weighted by Gasteiger charge is -2.23. The lowest BCUT2D eigenvalue weighted by atomic mass is 10.1. The van der Waals surface area contributed by atoms with Crippen LogP contribution in [0.25, 0.3) is 0 Å². The van der Waals surface area contributed by atoms with Crippen LogP contribution in [0.2, 0.25) is 0 Å². The van der Waals surface area contributed by atoms with E-state index >= 15 is 0 Å². The molecule has 2 aliphatic rings. The molecule has 1 atom stereocenters. The van der Waals surface area contributed by atoms with Gasteiger partial charge in [0, 0.05) is 30.5 Å². The Morgan fingerprint density at radius 3 is 2.83 bits per heavy atom. The van der Waals surface area contributed by atoms with Crippen LogP contribution in [0.3, 0.4) is 0 Å². The van der Waals surface area contributed by atoms with E-state index in [4.69, 9.17) is 9.84 Å². The average molecular weight is 249 g/mol. The third-order valence-electron chi connectivity index (χ3n) is 4.10. The van der Waals surface area contributed by atoms with Crippen LogP contribution in [0.1, 0.15) is 48.7 Å². The van der Waals surface area contributed by atoms with E-state index in [1.807, 2.05) is 0 Å². The Bertz CT molecular complexity index is 417. The molecule has 2 heterocycles. The van der Waals surface area contributed by atoms with Crippen molar-refractivity contribution in [2.75, 3.05) is 13.2 Å². The fourth-order valence-electron chi connectivity index (χ4n) is 2.76. The first-order valence-electron chi connectivity index (χ1n) is 7.11. The van der Waals surface area contributed by atoms with E-state index in [2.05, 4.69) is 23.8 Å². The van der Waals surface area contributed by atoms with Crippen molar-refractivity contribution in [3.8, 4) is 0 Å². The standard InChI is InChI=1S/C14H23N3O/c1-10-14(8-15-12-5-6-12)11(2)17(16-10)13-4-3-7-18-9-13/h12-13,15H,3-9H2,1-2H3. The van der Waals surface area contributed by atoms with E-state index in [1.54, 1.807) is 0 Å². The Labute approximate surface area is 109 Å². The molecule has 1 aromatic heterocycles. The molecule has 4 heteroatoms. The molecule has 18 heavy (non-hydrogen) atoms. The summed E-state index contributed by atoms with van der Waals surface area (Å²) in [5, 5.41) is 8.32. The summed E-state index contributed by atoms with van der Waals surface area (Å²) in [6, 6.07) is 1.19. The highest BCUT2D eigenvalue weighted by Crippen LogP contribution is 2.25. The number of aromatic nitrogens is 2. The van der Waals surface area contributed by atoms with Crippen molar-refractivity contribution in [3.05, 3.63) is 17.0 Å². The molecule has 0 amide bonds. The summed E-state index contributed by atoms with van der Waals surface area (Å²) >= 11 is 0. The van der Waals surface area contributed by atoms with Crippen molar-refractivity contribution in [2.45, 2.75) is 58.2 Å². The predicted octanol–water partition coefficient (Wildman–Crippen LogP) is 2.10. The van der Waals surface area contributed by atoms with Gasteiger partial charge in [0.05, 0.1) is 18.3 Å². The molecule has 0 radical (unpaired) electrons. The molecule has 1 aromatic rings. The van der Waals surface area contributed by atoms with E-state index < -0.39 is 0 Å². The number of hydrogen-bond donors (Lipinski definition) is 1. The van der Waals surface area contributed by atoms with Gasteiger partial charge in [-0.1, -0.05) is 0 Å². The SMILES string of the molecule is Cc1nn(C2CCCOC2)c(C)c1CNC1CC1. The number of rotatable bonds is 4. The van der Waals surface area contributed by atoms with Gasteiger partial charge in [-0.3, -0.25) is 4.68 Å². The smallest absolute Gasteiger partial charge is 0.0756 e. The van der Waals surface area contributed by atoms with Crippen molar-refractivity contribution in [2.24, 2.45) is 0 Å². The lowest BCUT2D eigenvalue weighted by molar-refractivity contribution is 0.0541. The maximum absolute atomic E-state index is 5.57. The van der Waals surface area contributed by atoms with Crippen LogP contribution >= 0.6 is 0 Å². The second-order valence-corrected chi connectivity index (χ2v) is 5.62. The molecule has 0 spiro atoms. The topological polar surface area (TPSA) is 39.1 Å². The number of hydrogen-bond acceptors (Lipinski definition) is 3. The van der Waals surface area contributed by atoms with Gasteiger partial charge in [-0.15, -0.1) is 0 Å². The van der Waals surface area contributed by atoms with Gasteiger partial charge in [0.2, 0.25) is 0 Å². The zero-order valence-electron chi connectivity index (χ0n) is 11.4. The Morgan fingerprint density at radius 1 is 1.33 bits per heavy atom. The molecule has 100 valence electrons. The molecule has 3 rings (SSSR count). The molecular weight excluding hydrogens is 226 g/mol. The first kappa shape index (κ1) is 12.2. The van der Waals surface area contributed by atoms with Gasteiger partial charge in [-0.25, -0.2) is 0 Å². The van der Waals surface area contributed by atoms with Crippen LogP contribution in [0.4, 0.5) is 0 Å². The Hall–Kier alpha value is -0.870. The average Bonchev–Trinajstić information content (AvgIpc) is 3.16. The fraction of sp³-hybridized carbons (Fsp3) is 0.786. The molecule has 1 saturated carbocycles. The maximum atomic E-state index is 5.57. The molecule has 1 unspecified atom stereocenters. The minimum absolute atomic E-state index is 0.437. The quantitative estimate of drug-likeness (QED) is 0.888. The number of ether oxygens (including phenoxy) is 1. The molecule has 1 N–H and O–H groups in total. The van der Waals surface area contributed by atoms with Crippen LogP contribution < -0.4 is 5.32 Å². The Balaban J connectivity index is 1.75. The zero-order chi connectivity index (χ0) is 12.5. The lowest BCUT2D eigenvalue weighted by Crippen LogP contribution is -2.23. The summed E-state index contributed by atoms with van der Waals surface area (Å²) in [7, 11) is 0. The maximum Gasteiger partial charge on any atom is 0.0756 e. The van der Waals surface area contributed by atoms with E-state index in [-0.39, 0.29) is 0 Å². The van der Waals surface area contributed by atoms with Crippen molar-refractivity contribution in [1.82, 2.24) is 15.1 Å². The summed E-state index contributed by atoms with van der Waals surface area (Å²) < 4.78 is 7.77. The van der Waals surface area contributed by atoms with Gasteiger partial charge in [0.15, 0.2) is 0 Å². The molecule has 0 aromatic carbocycles. The summed E-state index contributed by atoms with van der Waals surface area (Å²) in [6.07, 6.45) is 5.02. The zero-order valence-corrected chi connectivity index (χ0v) is 11.4. The number of nitrogens with zero attached hydrogens (tertiary/aromatic N) is 2. The Kier molecular flexibility index (Phi) is 3.39. The summed E-state index contributed by atoms with van der Waals surface area (Å²) in [6.45, 7) is 7.01. The second-order valence-electron chi connectivity index (χ2n) is 5.62. The minimum Gasteiger partial charge on any atom is -0.379 e. The summed E-state index contributed by atoms with van der Waals surface area (Å²) in [5.74, 6) is 0. The molecular formula is C14H23N3O. The highest BCUT2D eigenvalue weighted by Gasteiger charge is 2.24. The van der Waals surface area contributed by atoms with Crippen molar-refractivity contribution in [3.63, 3.8) is 0 Å². The summed E-state index contributed by atoms with van der Waals surface area (Å²) in [5.41, 5.74) is 3.87. The highest BCUT2D eigenvalue weighted by atomic mass is 16.5. The van der Waals surface area contributed by atoms with Crippen LogP contribution in [0.15, 0.2) is 0 Å². The largest absolute Gasteiger partial charge is 0.379 e. The normalized spacial score (nSPS) is 24.4. The molecule has 2 fully saturated rings. The van der Waals surface area contributed by atoms with E-state index in [1.165, 1.54) is 36.2 Å². The van der Waals surface area contributed by atoms with Gasteiger partial charge in [0.25, 0.3) is 0 Å². The second kappa shape index (κ2) is 5.02. The van der Waals surface area contributed by atoms with Crippen LogP contribution in [0.5, 0.6) is 0 Å². The molecule has 1 aliphatic heterocycles. The third kappa shape index (κ3) is 2.45. The van der Waals surface area contributed by atoms with Gasteiger partial charge in [-0.2, -0.15) is 5.10 Å². The van der Waals surface area contributed by atoms with Crippen LogP contribution in [-0.2, 0) is 11.3 Å². The van der Waals surface area contributed by atoms with Crippen molar-refractivity contribution < 1.29 is 4.74 Å². The highest BCUT2D eigenvalue weighted by molar-refractivity contribution is 5.25. The Morgan fingerprint density at radius 2 is 2.17 bits per heavy atom. The molecule has 0 bridgehead atoms. The molecule has 1 aliphatic carbocycles. The van der Waals surface area contributed by atoms with E-state index in [0.29, 0.717) is 6.04 Å². The first-order chi connectivity index (χ1) is 8.75. The third-order valence-corrected chi connectivity index (χ3v) is 4.10.